The van der Waals surface area contributed by atoms with Crippen LogP contribution < -0.4 is 0 Å². The SMILES string of the molecule is O=C=Cc1nccnc1-c1ncn(-c2ccccc2)n1. The Bertz CT molecular complexity index is 775. The van der Waals surface area contributed by atoms with Crippen molar-refractivity contribution in [2.24, 2.45) is 0 Å². The summed E-state index contributed by atoms with van der Waals surface area (Å²) < 4.78 is 1.64. The minimum Gasteiger partial charge on any atom is -0.252 e. The molecule has 0 saturated heterocycles. The molecule has 0 unspecified atom stereocenters. The van der Waals surface area contributed by atoms with Crippen molar-refractivity contribution in [1.29, 1.82) is 0 Å². The van der Waals surface area contributed by atoms with Crippen molar-refractivity contribution in [1.82, 2.24) is 24.7 Å². The van der Waals surface area contributed by atoms with Crippen molar-refractivity contribution >= 4 is 12.0 Å². The number of hydrogen-bond donors (Lipinski definition) is 0. The van der Waals surface area contributed by atoms with E-state index >= 15 is 0 Å². The van der Waals surface area contributed by atoms with E-state index in [9.17, 15) is 4.79 Å². The van der Waals surface area contributed by atoms with Gasteiger partial charge >= 0.3 is 0 Å². The van der Waals surface area contributed by atoms with Crippen LogP contribution in [0.25, 0.3) is 23.3 Å². The van der Waals surface area contributed by atoms with Crippen LogP contribution in [0.3, 0.4) is 0 Å². The van der Waals surface area contributed by atoms with Crippen molar-refractivity contribution in [3.8, 4) is 17.2 Å². The summed E-state index contributed by atoms with van der Waals surface area (Å²) in [5.41, 5.74) is 1.74. The maximum absolute atomic E-state index is 10.5. The molecule has 0 spiro atoms. The molecule has 6 heteroatoms. The molecule has 0 N–H and O–H groups in total. The monoisotopic (exact) mass is 263 g/mol. The standard InChI is InChI=1S/C14H9N5O/c20-9-6-12-13(16-8-7-15-12)14-17-10-19(18-14)11-4-2-1-3-5-11/h1-8,10H. The van der Waals surface area contributed by atoms with Crippen molar-refractivity contribution in [3.63, 3.8) is 0 Å². The molecule has 0 atom stereocenters. The van der Waals surface area contributed by atoms with Crippen LogP contribution in [-0.2, 0) is 4.79 Å². The van der Waals surface area contributed by atoms with Gasteiger partial charge in [-0.15, -0.1) is 5.10 Å². The summed E-state index contributed by atoms with van der Waals surface area (Å²) in [7, 11) is 0. The molecule has 0 saturated carbocycles. The first-order valence-electron chi connectivity index (χ1n) is 5.88. The van der Waals surface area contributed by atoms with Gasteiger partial charge in [0.1, 0.15) is 23.7 Å². The van der Waals surface area contributed by atoms with E-state index in [1.807, 2.05) is 30.3 Å². The van der Waals surface area contributed by atoms with Crippen LogP contribution in [-0.4, -0.2) is 30.7 Å². The zero-order chi connectivity index (χ0) is 13.8. The highest BCUT2D eigenvalue weighted by Gasteiger charge is 2.11. The molecule has 2 aromatic heterocycles. The molecule has 6 nitrogen and oxygen atoms in total. The third kappa shape index (κ3) is 2.23. The van der Waals surface area contributed by atoms with E-state index in [1.165, 1.54) is 18.5 Å². The molecule has 0 aliphatic carbocycles. The van der Waals surface area contributed by atoms with Gasteiger partial charge in [-0.2, -0.15) is 0 Å². The number of nitrogens with zero attached hydrogens (tertiary/aromatic N) is 5. The Labute approximate surface area is 114 Å². The van der Waals surface area contributed by atoms with Gasteiger partial charge in [0, 0.05) is 12.4 Å². The van der Waals surface area contributed by atoms with Crippen LogP contribution in [0.1, 0.15) is 5.69 Å². The quantitative estimate of drug-likeness (QED) is 0.670. The van der Waals surface area contributed by atoms with E-state index in [1.54, 1.807) is 17.0 Å². The first kappa shape index (κ1) is 12.0. The van der Waals surface area contributed by atoms with Crippen LogP contribution in [0.4, 0.5) is 0 Å². The maximum atomic E-state index is 10.5. The summed E-state index contributed by atoms with van der Waals surface area (Å²) in [6, 6.07) is 9.60. The zero-order valence-corrected chi connectivity index (χ0v) is 10.3. The number of hydrogen-bond acceptors (Lipinski definition) is 5. The van der Waals surface area contributed by atoms with Crippen LogP contribution in [0.2, 0.25) is 0 Å². The van der Waals surface area contributed by atoms with E-state index in [0.717, 1.165) is 5.69 Å². The third-order valence-corrected chi connectivity index (χ3v) is 2.65. The van der Waals surface area contributed by atoms with E-state index in [0.29, 0.717) is 17.2 Å². The summed E-state index contributed by atoms with van der Waals surface area (Å²) in [5.74, 6) is 2.10. The number of carbonyl (C=O) groups excluding carboxylic acids is 1. The Kier molecular flexibility index (Phi) is 3.14. The average Bonchev–Trinajstić information content (AvgIpc) is 2.99. The summed E-state index contributed by atoms with van der Waals surface area (Å²) >= 11 is 0. The Morgan fingerprint density at radius 2 is 1.85 bits per heavy atom. The lowest BCUT2D eigenvalue weighted by molar-refractivity contribution is 0.570. The van der Waals surface area contributed by atoms with Gasteiger partial charge in [-0.05, 0) is 12.1 Å². The largest absolute Gasteiger partial charge is 0.252 e. The van der Waals surface area contributed by atoms with Gasteiger partial charge in [-0.1, -0.05) is 18.2 Å². The van der Waals surface area contributed by atoms with Crippen LogP contribution in [0.15, 0.2) is 49.1 Å². The number of aromatic nitrogens is 5. The second-order valence-corrected chi connectivity index (χ2v) is 3.90. The number of benzene rings is 1. The van der Waals surface area contributed by atoms with Gasteiger partial charge in [-0.3, -0.25) is 4.98 Å². The molecular weight excluding hydrogens is 254 g/mol. The van der Waals surface area contributed by atoms with Gasteiger partial charge in [-0.25, -0.2) is 19.4 Å². The van der Waals surface area contributed by atoms with Crippen molar-refractivity contribution in [2.45, 2.75) is 0 Å². The first-order chi connectivity index (χ1) is 9.88. The fourth-order valence-electron chi connectivity index (χ4n) is 1.76. The fraction of sp³-hybridized carbons (Fsp3) is 0. The molecule has 0 bridgehead atoms. The molecule has 0 radical (unpaired) electrons. The molecule has 96 valence electrons. The average molecular weight is 263 g/mol. The predicted molar refractivity (Wildman–Crippen MR) is 72.5 cm³/mol. The summed E-state index contributed by atoms with van der Waals surface area (Å²) in [5, 5.41) is 4.35. The Morgan fingerprint density at radius 3 is 2.65 bits per heavy atom. The molecular formula is C14H9N5O. The van der Waals surface area contributed by atoms with E-state index in [4.69, 9.17) is 0 Å². The van der Waals surface area contributed by atoms with Gasteiger partial charge in [0.2, 0.25) is 5.82 Å². The third-order valence-electron chi connectivity index (χ3n) is 2.65. The highest BCUT2D eigenvalue weighted by molar-refractivity contribution is 5.78. The van der Waals surface area contributed by atoms with Crippen LogP contribution >= 0.6 is 0 Å². The molecule has 0 aliphatic heterocycles. The first-order valence-corrected chi connectivity index (χ1v) is 5.88. The molecule has 0 aliphatic rings. The second kappa shape index (κ2) is 5.26. The Hall–Kier alpha value is -3.11. The molecule has 3 rings (SSSR count). The predicted octanol–water partition coefficient (Wildman–Crippen LogP) is 1.57. The lowest BCUT2D eigenvalue weighted by atomic mass is 10.3. The maximum Gasteiger partial charge on any atom is 0.202 e. The second-order valence-electron chi connectivity index (χ2n) is 3.90. The van der Waals surface area contributed by atoms with E-state index in [2.05, 4.69) is 20.1 Å². The van der Waals surface area contributed by atoms with Crippen LogP contribution in [0.5, 0.6) is 0 Å². The smallest absolute Gasteiger partial charge is 0.202 e. The Morgan fingerprint density at radius 1 is 1.05 bits per heavy atom. The van der Waals surface area contributed by atoms with Crippen molar-refractivity contribution in [3.05, 3.63) is 54.7 Å². The number of para-hydroxylation sites is 1. The minimum absolute atomic E-state index is 0.397. The lowest BCUT2D eigenvalue weighted by Crippen LogP contribution is -1.96. The summed E-state index contributed by atoms with van der Waals surface area (Å²) in [6.45, 7) is 0. The van der Waals surface area contributed by atoms with Crippen molar-refractivity contribution in [2.75, 3.05) is 0 Å². The van der Waals surface area contributed by atoms with Gasteiger partial charge in [0.05, 0.1) is 11.8 Å². The molecule has 0 amide bonds. The van der Waals surface area contributed by atoms with Gasteiger partial charge in [0.25, 0.3) is 0 Å². The lowest BCUT2D eigenvalue weighted by Gasteiger charge is -1.99. The van der Waals surface area contributed by atoms with Gasteiger partial charge in [0.15, 0.2) is 0 Å². The van der Waals surface area contributed by atoms with Gasteiger partial charge < -0.3 is 0 Å². The summed E-state index contributed by atoms with van der Waals surface area (Å²) in [6.07, 6.45) is 5.83. The van der Waals surface area contributed by atoms with E-state index in [-0.39, 0.29) is 0 Å². The topological polar surface area (TPSA) is 73.6 Å². The highest BCUT2D eigenvalue weighted by atomic mass is 16.1. The van der Waals surface area contributed by atoms with Crippen LogP contribution in [0, 0.1) is 0 Å². The molecule has 0 fully saturated rings. The highest BCUT2D eigenvalue weighted by Crippen LogP contribution is 2.16. The molecule has 20 heavy (non-hydrogen) atoms. The normalized spacial score (nSPS) is 10.0. The fourth-order valence-corrected chi connectivity index (χ4v) is 1.76. The minimum atomic E-state index is 0.397. The zero-order valence-electron chi connectivity index (χ0n) is 10.3. The van der Waals surface area contributed by atoms with Crippen molar-refractivity contribution < 1.29 is 4.79 Å². The molecule has 3 aromatic rings. The molecule has 1 aromatic carbocycles. The van der Waals surface area contributed by atoms with E-state index < -0.39 is 0 Å². The molecule has 2 heterocycles. The Balaban J connectivity index is 2.05. The summed E-state index contributed by atoms with van der Waals surface area (Å²) in [4.78, 5) is 22.9. The number of rotatable bonds is 3.